The predicted octanol–water partition coefficient (Wildman–Crippen LogP) is 0.935. The molecule has 3 atom stereocenters. The zero-order valence-corrected chi connectivity index (χ0v) is 13.7. The van der Waals surface area contributed by atoms with Crippen molar-refractivity contribution in [1.82, 2.24) is 10.2 Å². The zero-order chi connectivity index (χ0) is 12.3. The smallest absolute Gasteiger partial charge is 0.194 e. The van der Waals surface area contributed by atoms with Crippen LogP contribution in [0.15, 0.2) is 4.99 Å². The van der Waals surface area contributed by atoms with Gasteiger partial charge in [-0.05, 0) is 12.3 Å². The van der Waals surface area contributed by atoms with E-state index in [1.54, 1.807) is 7.11 Å². The van der Waals surface area contributed by atoms with Gasteiger partial charge in [-0.15, -0.1) is 24.0 Å². The highest BCUT2D eigenvalue weighted by atomic mass is 127. The number of halogens is 1. The SMILES string of the molecule is CN=C(NC1CC1C)N1CCOC(COC)C1.I. The van der Waals surface area contributed by atoms with Gasteiger partial charge in [-0.3, -0.25) is 4.99 Å². The van der Waals surface area contributed by atoms with Crippen molar-refractivity contribution < 1.29 is 9.47 Å². The molecule has 0 aromatic heterocycles. The quantitative estimate of drug-likeness (QED) is 0.457. The number of methoxy groups -OCH3 is 1. The van der Waals surface area contributed by atoms with Gasteiger partial charge >= 0.3 is 0 Å². The molecule has 18 heavy (non-hydrogen) atoms. The Labute approximate surface area is 126 Å². The molecule has 2 aliphatic rings. The van der Waals surface area contributed by atoms with Crippen molar-refractivity contribution in [2.75, 3.05) is 40.5 Å². The van der Waals surface area contributed by atoms with Gasteiger partial charge in [0.1, 0.15) is 0 Å². The lowest BCUT2D eigenvalue weighted by Crippen LogP contribution is -2.52. The average molecular weight is 369 g/mol. The molecule has 106 valence electrons. The maximum atomic E-state index is 5.64. The van der Waals surface area contributed by atoms with Crippen molar-refractivity contribution >= 4 is 29.9 Å². The van der Waals surface area contributed by atoms with E-state index in [1.807, 2.05) is 7.05 Å². The van der Waals surface area contributed by atoms with Gasteiger partial charge in [0, 0.05) is 33.3 Å². The van der Waals surface area contributed by atoms with E-state index in [-0.39, 0.29) is 30.1 Å². The van der Waals surface area contributed by atoms with E-state index in [1.165, 1.54) is 6.42 Å². The first-order valence-corrected chi connectivity index (χ1v) is 6.33. The zero-order valence-electron chi connectivity index (χ0n) is 11.4. The summed E-state index contributed by atoms with van der Waals surface area (Å²) in [6.45, 7) is 5.41. The minimum atomic E-state index is 0. The van der Waals surface area contributed by atoms with E-state index in [0.29, 0.717) is 12.6 Å². The second-order valence-corrected chi connectivity index (χ2v) is 4.91. The van der Waals surface area contributed by atoms with Crippen LogP contribution in [0.25, 0.3) is 0 Å². The van der Waals surface area contributed by atoms with Gasteiger partial charge in [0.2, 0.25) is 0 Å². The second kappa shape index (κ2) is 7.49. The van der Waals surface area contributed by atoms with Gasteiger partial charge < -0.3 is 19.7 Å². The van der Waals surface area contributed by atoms with Gasteiger partial charge in [-0.1, -0.05) is 6.92 Å². The van der Waals surface area contributed by atoms with Gasteiger partial charge in [-0.2, -0.15) is 0 Å². The summed E-state index contributed by atoms with van der Waals surface area (Å²) in [4.78, 5) is 6.62. The topological polar surface area (TPSA) is 46.1 Å². The van der Waals surface area contributed by atoms with Crippen LogP contribution in [0, 0.1) is 5.92 Å². The Morgan fingerprint density at radius 2 is 2.28 bits per heavy atom. The number of hydrogen-bond donors (Lipinski definition) is 1. The number of rotatable bonds is 3. The number of nitrogens with zero attached hydrogens (tertiary/aromatic N) is 2. The lowest BCUT2D eigenvalue weighted by Gasteiger charge is -2.34. The molecule has 1 aliphatic heterocycles. The third-order valence-corrected chi connectivity index (χ3v) is 3.43. The molecule has 2 fully saturated rings. The molecule has 3 unspecified atom stereocenters. The minimum absolute atomic E-state index is 0. The van der Waals surface area contributed by atoms with Crippen molar-refractivity contribution in [2.24, 2.45) is 10.9 Å². The molecule has 0 aromatic rings. The number of ether oxygens (including phenoxy) is 2. The van der Waals surface area contributed by atoms with E-state index >= 15 is 0 Å². The number of hydrogen-bond acceptors (Lipinski definition) is 3. The summed E-state index contributed by atoms with van der Waals surface area (Å²) in [5, 5.41) is 3.50. The van der Waals surface area contributed by atoms with Crippen LogP contribution in [-0.2, 0) is 9.47 Å². The van der Waals surface area contributed by atoms with Gasteiger partial charge in [-0.25, -0.2) is 0 Å². The molecular formula is C12H24IN3O2. The number of morpholine rings is 1. The molecule has 1 saturated heterocycles. The fraction of sp³-hybridized carbons (Fsp3) is 0.917. The number of guanidine groups is 1. The average Bonchev–Trinajstić information content (AvgIpc) is 3.03. The molecule has 1 aliphatic carbocycles. The Bertz CT molecular complexity index is 286. The maximum Gasteiger partial charge on any atom is 0.194 e. The van der Waals surface area contributed by atoms with Crippen LogP contribution in [0.5, 0.6) is 0 Å². The minimum Gasteiger partial charge on any atom is -0.382 e. The van der Waals surface area contributed by atoms with Gasteiger partial charge in [0.25, 0.3) is 0 Å². The summed E-state index contributed by atoms with van der Waals surface area (Å²) in [6, 6.07) is 0.609. The fourth-order valence-electron chi connectivity index (χ4n) is 2.18. The fourth-order valence-corrected chi connectivity index (χ4v) is 2.18. The third-order valence-electron chi connectivity index (χ3n) is 3.43. The van der Waals surface area contributed by atoms with E-state index in [2.05, 4.69) is 22.1 Å². The van der Waals surface area contributed by atoms with Crippen LogP contribution in [-0.4, -0.2) is 63.5 Å². The Balaban J connectivity index is 0.00000162. The normalized spacial score (nSPS) is 31.8. The van der Waals surface area contributed by atoms with Crippen molar-refractivity contribution in [2.45, 2.75) is 25.5 Å². The second-order valence-electron chi connectivity index (χ2n) is 4.91. The molecule has 0 amide bonds. The Hall–Kier alpha value is -0.0800. The summed E-state index contributed by atoms with van der Waals surface area (Å²) >= 11 is 0. The highest BCUT2D eigenvalue weighted by Gasteiger charge is 2.34. The van der Waals surface area contributed by atoms with Crippen LogP contribution < -0.4 is 5.32 Å². The van der Waals surface area contributed by atoms with Crippen molar-refractivity contribution in [3.05, 3.63) is 0 Å². The first kappa shape index (κ1) is 16.0. The Kier molecular flexibility index (Phi) is 6.65. The van der Waals surface area contributed by atoms with Crippen LogP contribution in [0.1, 0.15) is 13.3 Å². The Morgan fingerprint density at radius 3 is 2.83 bits per heavy atom. The first-order valence-electron chi connectivity index (χ1n) is 6.33. The molecule has 0 radical (unpaired) electrons. The van der Waals surface area contributed by atoms with E-state index < -0.39 is 0 Å². The Morgan fingerprint density at radius 1 is 1.56 bits per heavy atom. The monoisotopic (exact) mass is 369 g/mol. The first-order chi connectivity index (χ1) is 8.24. The molecule has 2 rings (SSSR count). The van der Waals surface area contributed by atoms with E-state index in [0.717, 1.165) is 31.6 Å². The summed E-state index contributed by atoms with van der Waals surface area (Å²) in [5.41, 5.74) is 0. The molecule has 5 nitrogen and oxygen atoms in total. The third kappa shape index (κ3) is 4.24. The van der Waals surface area contributed by atoms with Crippen molar-refractivity contribution in [3.63, 3.8) is 0 Å². The molecule has 1 saturated carbocycles. The predicted molar refractivity (Wildman–Crippen MR) is 82.7 cm³/mol. The van der Waals surface area contributed by atoms with E-state index in [4.69, 9.17) is 9.47 Å². The lowest BCUT2D eigenvalue weighted by atomic mass is 10.3. The van der Waals surface area contributed by atoms with Gasteiger partial charge in [0.05, 0.1) is 19.3 Å². The van der Waals surface area contributed by atoms with Gasteiger partial charge in [0.15, 0.2) is 5.96 Å². The van der Waals surface area contributed by atoms with Crippen LogP contribution in [0.3, 0.4) is 0 Å². The summed E-state index contributed by atoms with van der Waals surface area (Å²) in [6.07, 6.45) is 1.41. The largest absolute Gasteiger partial charge is 0.382 e. The van der Waals surface area contributed by atoms with Crippen LogP contribution in [0.2, 0.25) is 0 Å². The van der Waals surface area contributed by atoms with E-state index in [9.17, 15) is 0 Å². The molecule has 0 aromatic carbocycles. The van der Waals surface area contributed by atoms with Crippen molar-refractivity contribution in [1.29, 1.82) is 0 Å². The molecule has 1 N–H and O–H groups in total. The molecular weight excluding hydrogens is 345 g/mol. The lowest BCUT2D eigenvalue weighted by molar-refractivity contribution is -0.0447. The molecule has 0 spiro atoms. The number of aliphatic imine (C=N–C) groups is 1. The maximum absolute atomic E-state index is 5.64. The summed E-state index contributed by atoms with van der Waals surface area (Å²) < 4.78 is 10.8. The van der Waals surface area contributed by atoms with Crippen molar-refractivity contribution in [3.8, 4) is 0 Å². The molecule has 0 bridgehead atoms. The highest BCUT2D eigenvalue weighted by molar-refractivity contribution is 14.0. The summed E-state index contributed by atoms with van der Waals surface area (Å²) in [5.74, 6) is 1.78. The van der Waals surface area contributed by atoms with Crippen LogP contribution in [0.4, 0.5) is 0 Å². The van der Waals surface area contributed by atoms with Crippen LogP contribution >= 0.6 is 24.0 Å². The number of nitrogens with one attached hydrogen (secondary N) is 1. The molecule has 1 heterocycles. The summed E-state index contributed by atoms with van der Waals surface area (Å²) in [7, 11) is 3.55. The molecule has 6 heteroatoms. The standard InChI is InChI=1S/C12H23N3O2.HI/c1-9-6-11(9)14-12(13-2)15-4-5-17-10(7-15)8-16-3;/h9-11H,4-8H2,1-3H3,(H,13,14);1H. The highest BCUT2D eigenvalue weighted by Crippen LogP contribution is 2.29.